The van der Waals surface area contributed by atoms with Crippen molar-refractivity contribution in [1.82, 2.24) is 19.9 Å². The highest BCUT2D eigenvalue weighted by Crippen LogP contribution is 2.25. The van der Waals surface area contributed by atoms with Gasteiger partial charge in [-0.25, -0.2) is 15.0 Å². The highest BCUT2D eigenvalue weighted by Gasteiger charge is 2.22. The number of nitrogen functional groups attached to an aromatic ring is 1. The molecule has 0 aliphatic carbocycles. The second kappa shape index (κ2) is 5.54. The van der Waals surface area contributed by atoms with E-state index in [2.05, 4.69) is 31.8 Å². The number of fused-ring (bicyclic) bond motifs is 1. The summed E-state index contributed by atoms with van der Waals surface area (Å²) in [5, 5.41) is 0. The molecule has 1 atom stereocenters. The van der Waals surface area contributed by atoms with E-state index < -0.39 is 0 Å². The minimum absolute atomic E-state index is 0.221. The molecule has 1 aliphatic rings. The van der Waals surface area contributed by atoms with E-state index in [0.717, 1.165) is 25.5 Å². The van der Waals surface area contributed by atoms with Gasteiger partial charge in [0.25, 0.3) is 0 Å². The number of rotatable bonds is 3. The van der Waals surface area contributed by atoms with Gasteiger partial charge in [0, 0.05) is 13.1 Å². The fourth-order valence-electron chi connectivity index (χ4n) is 2.73. The van der Waals surface area contributed by atoms with E-state index in [1.54, 1.807) is 18.4 Å². The summed E-state index contributed by atoms with van der Waals surface area (Å²) in [6.07, 6.45) is 2.77. The van der Waals surface area contributed by atoms with Crippen molar-refractivity contribution in [2.75, 3.05) is 30.3 Å². The Morgan fingerprint density at radius 1 is 1.39 bits per heavy atom. The summed E-state index contributed by atoms with van der Waals surface area (Å²) >= 11 is 0. The van der Waals surface area contributed by atoms with Crippen LogP contribution >= 0.6 is 0 Å². The standard InChI is InChI=1S/C15H18N6O2/c1-2-9-8-21(5-7-22-9)15-17-11-12(16)18-13(19-14(11)20-15)10-4-3-6-23-10/h3-4,6,9H,2,5,7-8H2,1H3,(H3,16,17,18,19,20). The van der Waals surface area contributed by atoms with E-state index in [1.165, 1.54) is 0 Å². The van der Waals surface area contributed by atoms with Crippen molar-refractivity contribution in [3.63, 3.8) is 0 Å². The van der Waals surface area contributed by atoms with E-state index >= 15 is 0 Å². The molecule has 0 bridgehead atoms. The predicted molar refractivity (Wildman–Crippen MR) is 86.0 cm³/mol. The molecule has 120 valence electrons. The molecule has 8 nitrogen and oxygen atoms in total. The van der Waals surface area contributed by atoms with Crippen LogP contribution in [0, 0.1) is 0 Å². The summed E-state index contributed by atoms with van der Waals surface area (Å²) in [5.41, 5.74) is 7.23. The quantitative estimate of drug-likeness (QED) is 0.759. The second-order valence-electron chi connectivity index (χ2n) is 5.51. The van der Waals surface area contributed by atoms with E-state index in [0.29, 0.717) is 35.2 Å². The van der Waals surface area contributed by atoms with Crippen molar-refractivity contribution < 1.29 is 9.15 Å². The minimum atomic E-state index is 0.221. The third-order valence-electron chi connectivity index (χ3n) is 3.99. The Labute approximate surface area is 132 Å². The van der Waals surface area contributed by atoms with Gasteiger partial charge >= 0.3 is 0 Å². The fraction of sp³-hybridized carbons (Fsp3) is 0.400. The third-order valence-corrected chi connectivity index (χ3v) is 3.99. The minimum Gasteiger partial charge on any atom is -0.461 e. The number of nitrogens with zero attached hydrogens (tertiary/aromatic N) is 4. The maximum absolute atomic E-state index is 6.04. The number of aromatic nitrogens is 4. The number of hydrogen-bond acceptors (Lipinski definition) is 7. The van der Waals surface area contributed by atoms with Crippen molar-refractivity contribution in [3.8, 4) is 11.6 Å². The molecule has 0 radical (unpaired) electrons. The first-order chi connectivity index (χ1) is 11.2. The molecule has 3 aromatic rings. The Bertz CT molecular complexity index is 813. The lowest BCUT2D eigenvalue weighted by Crippen LogP contribution is -2.42. The molecule has 3 aromatic heterocycles. The van der Waals surface area contributed by atoms with Gasteiger partial charge in [0.2, 0.25) is 5.95 Å². The Morgan fingerprint density at radius 3 is 3.09 bits per heavy atom. The van der Waals surface area contributed by atoms with Gasteiger partial charge in [0.1, 0.15) is 0 Å². The Kier molecular flexibility index (Phi) is 3.38. The number of anilines is 2. The summed E-state index contributed by atoms with van der Waals surface area (Å²) in [6.45, 7) is 4.39. The molecule has 23 heavy (non-hydrogen) atoms. The van der Waals surface area contributed by atoms with Crippen LogP contribution in [-0.4, -0.2) is 45.7 Å². The van der Waals surface area contributed by atoms with Crippen molar-refractivity contribution >= 4 is 22.9 Å². The number of morpholine rings is 1. The average molecular weight is 314 g/mol. The summed E-state index contributed by atoms with van der Waals surface area (Å²) in [5.74, 6) is 2.11. The number of nitrogens with one attached hydrogen (secondary N) is 1. The summed E-state index contributed by atoms with van der Waals surface area (Å²) in [4.78, 5) is 18.7. The predicted octanol–water partition coefficient (Wildman–Crippen LogP) is 1.81. The normalized spacial score (nSPS) is 18.7. The van der Waals surface area contributed by atoms with Crippen LogP contribution in [0.2, 0.25) is 0 Å². The number of H-pyrrole nitrogens is 1. The zero-order valence-electron chi connectivity index (χ0n) is 12.8. The molecule has 1 aliphatic heterocycles. The number of aromatic amines is 1. The zero-order valence-corrected chi connectivity index (χ0v) is 12.8. The Balaban J connectivity index is 1.71. The average Bonchev–Trinajstić information content (AvgIpc) is 3.24. The van der Waals surface area contributed by atoms with Gasteiger partial charge in [-0.1, -0.05) is 6.92 Å². The van der Waals surface area contributed by atoms with Crippen LogP contribution in [0.5, 0.6) is 0 Å². The van der Waals surface area contributed by atoms with Gasteiger partial charge in [0.05, 0.1) is 19.0 Å². The molecule has 0 amide bonds. The molecule has 1 fully saturated rings. The van der Waals surface area contributed by atoms with Crippen molar-refractivity contribution in [3.05, 3.63) is 18.4 Å². The van der Waals surface area contributed by atoms with Gasteiger partial charge in [-0.15, -0.1) is 0 Å². The first kappa shape index (κ1) is 14.0. The van der Waals surface area contributed by atoms with Crippen LogP contribution in [0.25, 0.3) is 22.7 Å². The van der Waals surface area contributed by atoms with Crippen LogP contribution in [0.3, 0.4) is 0 Å². The fourth-order valence-corrected chi connectivity index (χ4v) is 2.73. The Morgan fingerprint density at radius 2 is 2.30 bits per heavy atom. The number of ether oxygens (including phenoxy) is 1. The number of nitrogens with two attached hydrogens (primary N) is 1. The van der Waals surface area contributed by atoms with Gasteiger partial charge in [-0.2, -0.15) is 0 Å². The summed E-state index contributed by atoms with van der Waals surface area (Å²) in [7, 11) is 0. The zero-order chi connectivity index (χ0) is 15.8. The highest BCUT2D eigenvalue weighted by molar-refractivity contribution is 5.85. The second-order valence-corrected chi connectivity index (χ2v) is 5.51. The van der Waals surface area contributed by atoms with E-state index in [1.807, 2.05) is 0 Å². The van der Waals surface area contributed by atoms with Crippen LogP contribution in [0.15, 0.2) is 22.8 Å². The lowest BCUT2D eigenvalue weighted by molar-refractivity contribution is 0.0379. The first-order valence-corrected chi connectivity index (χ1v) is 7.68. The summed E-state index contributed by atoms with van der Waals surface area (Å²) in [6, 6.07) is 3.59. The van der Waals surface area contributed by atoms with Crippen molar-refractivity contribution in [1.29, 1.82) is 0 Å². The molecule has 0 spiro atoms. The van der Waals surface area contributed by atoms with Gasteiger partial charge in [0.15, 0.2) is 28.6 Å². The largest absolute Gasteiger partial charge is 0.461 e. The number of imidazole rings is 1. The maximum Gasteiger partial charge on any atom is 0.205 e. The lowest BCUT2D eigenvalue weighted by Gasteiger charge is -2.32. The molecular formula is C15H18N6O2. The molecule has 3 N–H and O–H groups in total. The number of hydrogen-bond donors (Lipinski definition) is 2. The number of furan rings is 1. The monoisotopic (exact) mass is 314 g/mol. The van der Waals surface area contributed by atoms with Gasteiger partial charge in [-0.3, -0.25) is 0 Å². The third kappa shape index (κ3) is 2.50. The topological polar surface area (TPSA) is 106 Å². The molecule has 8 heteroatoms. The molecular weight excluding hydrogens is 296 g/mol. The molecule has 1 saturated heterocycles. The first-order valence-electron chi connectivity index (χ1n) is 7.68. The lowest BCUT2D eigenvalue weighted by atomic mass is 10.2. The van der Waals surface area contributed by atoms with E-state index in [-0.39, 0.29) is 6.10 Å². The van der Waals surface area contributed by atoms with E-state index in [9.17, 15) is 0 Å². The van der Waals surface area contributed by atoms with Crippen LogP contribution < -0.4 is 10.6 Å². The van der Waals surface area contributed by atoms with Crippen LogP contribution in [0.1, 0.15) is 13.3 Å². The maximum atomic E-state index is 6.04. The highest BCUT2D eigenvalue weighted by atomic mass is 16.5. The Hall–Kier alpha value is -2.61. The van der Waals surface area contributed by atoms with Gasteiger partial charge in [-0.05, 0) is 18.6 Å². The van der Waals surface area contributed by atoms with Crippen LogP contribution in [-0.2, 0) is 4.74 Å². The molecule has 0 saturated carbocycles. The van der Waals surface area contributed by atoms with Gasteiger partial charge < -0.3 is 24.8 Å². The van der Waals surface area contributed by atoms with Crippen molar-refractivity contribution in [2.45, 2.75) is 19.4 Å². The molecule has 4 rings (SSSR count). The SMILES string of the molecule is CCC1CN(c2nc3c(N)nc(-c4ccco4)nc3[nH]2)CCO1. The molecule has 4 heterocycles. The molecule has 0 aromatic carbocycles. The smallest absolute Gasteiger partial charge is 0.205 e. The van der Waals surface area contributed by atoms with Crippen LogP contribution in [0.4, 0.5) is 11.8 Å². The van der Waals surface area contributed by atoms with E-state index in [4.69, 9.17) is 14.9 Å². The molecule has 1 unspecified atom stereocenters. The summed E-state index contributed by atoms with van der Waals surface area (Å²) < 4.78 is 11.0. The van der Waals surface area contributed by atoms with Crippen molar-refractivity contribution in [2.24, 2.45) is 0 Å².